The van der Waals surface area contributed by atoms with Crippen molar-refractivity contribution in [1.29, 1.82) is 0 Å². The SMILES string of the molecule is COC(=O)c1sc(-n2cnc3ccc(CS(C)(=O)=O)cc32)cc1OC(C)c1ccccc1C(F)(F)F. The van der Waals surface area contributed by atoms with Gasteiger partial charge < -0.3 is 9.47 Å². The molecule has 0 aliphatic rings. The number of hydrogen-bond donors (Lipinski definition) is 0. The lowest BCUT2D eigenvalue weighted by Crippen LogP contribution is -2.14. The quantitative estimate of drug-likeness (QED) is 0.286. The van der Waals surface area contributed by atoms with Crippen molar-refractivity contribution in [2.45, 2.75) is 25.0 Å². The summed E-state index contributed by atoms with van der Waals surface area (Å²) in [4.78, 5) is 16.9. The van der Waals surface area contributed by atoms with Crippen molar-refractivity contribution in [1.82, 2.24) is 9.55 Å². The lowest BCUT2D eigenvalue weighted by molar-refractivity contribution is -0.139. The highest BCUT2D eigenvalue weighted by atomic mass is 32.2. The van der Waals surface area contributed by atoms with Crippen molar-refractivity contribution < 1.29 is 35.9 Å². The Labute approximate surface area is 209 Å². The van der Waals surface area contributed by atoms with Crippen LogP contribution in [-0.4, -0.2) is 37.3 Å². The Morgan fingerprint density at radius 1 is 1.17 bits per heavy atom. The van der Waals surface area contributed by atoms with E-state index in [4.69, 9.17) is 9.47 Å². The summed E-state index contributed by atoms with van der Waals surface area (Å²) in [6.45, 7) is 1.47. The Kier molecular flexibility index (Phi) is 6.84. The summed E-state index contributed by atoms with van der Waals surface area (Å²) in [6, 6.07) is 11.6. The number of benzene rings is 2. The highest BCUT2D eigenvalue weighted by Gasteiger charge is 2.35. The molecule has 7 nitrogen and oxygen atoms in total. The van der Waals surface area contributed by atoms with E-state index in [1.54, 1.807) is 22.8 Å². The molecule has 0 saturated carbocycles. The van der Waals surface area contributed by atoms with Gasteiger partial charge in [0.1, 0.15) is 23.2 Å². The molecule has 0 fully saturated rings. The van der Waals surface area contributed by atoms with Gasteiger partial charge in [0.15, 0.2) is 14.7 Å². The van der Waals surface area contributed by atoms with Gasteiger partial charge in [-0.15, -0.1) is 11.3 Å². The van der Waals surface area contributed by atoms with Gasteiger partial charge in [-0.2, -0.15) is 13.2 Å². The fraction of sp³-hybridized carbons (Fsp3) is 0.250. The van der Waals surface area contributed by atoms with E-state index in [1.165, 1.54) is 44.6 Å². The molecule has 12 heteroatoms. The highest BCUT2D eigenvalue weighted by Crippen LogP contribution is 2.39. The van der Waals surface area contributed by atoms with Crippen LogP contribution in [0.3, 0.4) is 0 Å². The number of hydrogen-bond acceptors (Lipinski definition) is 7. The lowest BCUT2D eigenvalue weighted by Gasteiger charge is -2.19. The molecule has 1 unspecified atom stereocenters. The molecule has 0 N–H and O–H groups in total. The van der Waals surface area contributed by atoms with Crippen molar-refractivity contribution in [3.05, 3.63) is 76.4 Å². The minimum atomic E-state index is -4.57. The zero-order chi connectivity index (χ0) is 26.3. The molecule has 4 aromatic rings. The molecule has 4 rings (SSSR count). The number of aromatic nitrogens is 2. The van der Waals surface area contributed by atoms with Crippen LogP contribution >= 0.6 is 11.3 Å². The summed E-state index contributed by atoms with van der Waals surface area (Å²) in [5.41, 5.74) is 0.843. The minimum absolute atomic E-state index is 0.0560. The molecule has 2 heterocycles. The fourth-order valence-corrected chi connectivity index (χ4v) is 5.57. The van der Waals surface area contributed by atoms with Crippen molar-refractivity contribution in [2.24, 2.45) is 0 Å². The number of halogens is 3. The van der Waals surface area contributed by atoms with E-state index in [1.807, 2.05) is 0 Å². The second-order valence-electron chi connectivity index (χ2n) is 8.12. The first-order chi connectivity index (χ1) is 16.9. The maximum Gasteiger partial charge on any atom is 0.416 e. The summed E-state index contributed by atoms with van der Waals surface area (Å²) < 4.78 is 76.4. The Bertz CT molecular complexity index is 1540. The molecule has 0 amide bonds. The van der Waals surface area contributed by atoms with Gasteiger partial charge in [-0.05, 0) is 30.7 Å². The number of esters is 1. The summed E-state index contributed by atoms with van der Waals surface area (Å²) >= 11 is 1.01. The predicted molar refractivity (Wildman–Crippen MR) is 129 cm³/mol. The minimum Gasteiger partial charge on any atom is -0.484 e. The van der Waals surface area contributed by atoms with E-state index >= 15 is 0 Å². The molecule has 2 aromatic heterocycles. The summed E-state index contributed by atoms with van der Waals surface area (Å²) in [7, 11) is -2.07. The number of carbonyl (C=O) groups is 1. The molecule has 2 aromatic carbocycles. The molecule has 0 spiro atoms. The van der Waals surface area contributed by atoms with Gasteiger partial charge in [-0.1, -0.05) is 24.3 Å². The molecule has 0 bridgehead atoms. The van der Waals surface area contributed by atoms with Crippen LogP contribution in [0, 0.1) is 0 Å². The van der Waals surface area contributed by atoms with E-state index in [0.717, 1.165) is 23.7 Å². The Hall–Kier alpha value is -3.38. The molecule has 1 atom stereocenters. The van der Waals surface area contributed by atoms with Crippen LogP contribution in [0.5, 0.6) is 5.75 Å². The molecule has 0 radical (unpaired) electrons. The fourth-order valence-electron chi connectivity index (χ4n) is 3.79. The van der Waals surface area contributed by atoms with Gasteiger partial charge in [0.25, 0.3) is 0 Å². The van der Waals surface area contributed by atoms with E-state index in [-0.39, 0.29) is 21.9 Å². The van der Waals surface area contributed by atoms with Gasteiger partial charge in [0.05, 0.1) is 29.5 Å². The standard InChI is InChI=1S/C24H21F3N2O5S2/c1-14(16-6-4-5-7-17(16)24(25,26)27)34-20-11-21(35-22(20)23(30)33-2)29-13-28-18-9-8-15(10-19(18)29)12-36(3,31)32/h4-11,13-14H,12H2,1-3H3. The van der Waals surface area contributed by atoms with Gasteiger partial charge in [0.2, 0.25) is 0 Å². The number of nitrogens with zero attached hydrogens (tertiary/aromatic N) is 2. The van der Waals surface area contributed by atoms with Crippen LogP contribution < -0.4 is 4.74 Å². The van der Waals surface area contributed by atoms with E-state index in [2.05, 4.69) is 4.98 Å². The van der Waals surface area contributed by atoms with Gasteiger partial charge in [-0.25, -0.2) is 18.2 Å². The molecule has 36 heavy (non-hydrogen) atoms. The molecule has 190 valence electrons. The number of alkyl halides is 3. The summed E-state index contributed by atoms with van der Waals surface area (Å²) in [6.07, 6.45) is -2.96. The first kappa shape index (κ1) is 25.7. The molecular formula is C24H21F3N2O5S2. The zero-order valence-electron chi connectivity index (χ0n) is 19.4. The first-order valence-electron chi connectivity index (χ1n) is 10.6. The topological polar surface area (TPSA) is 87.5 Å². The van der Waals surface area contributed by atoms with Crippen molar-refractivity contribution in [2.75, 3.05) is 13.4 Å². The van der Waals surface area contributed by atoms with Crippen LogP contribution in [0.15, 0.2) is 54.9 Å². The molecular weight excluding hydrogens is 517 g/mol. The normalized spacial score (nSPS) is 13.1. The third kappa shape index (κ3) is 5.39. The second kappa shape index (κ2) is 9.58. The van der Waals surface area contributed by atoms with Crippen LogP contribution in [0.1, 0.15) is 39.4 Å². The maximum atomic E-state index is 13.5. The van der Waals surface area contributed by atoms with Crippen LogP contribution in [-0.2, 0) is 26.5 Å². The number of methoxy groups -OCH3 is 1. The van der Waals surface area contributed by atoms with Crippen molar-refractivity contribution >= 4 is 38.2 Å². The van der Waals surface area contributed by atoms with Crippen LogP contribution in [0.25, 0.3) is 16.0 Å². The zero-order valence-corrected chi connectivity index (χ0v) is 21.0. The molecule has 0 saturated heterocycles. The molecule has 0 aliphatic carbocycles. The lowest BCUT2D eigenvalue weighted by atomic mass is 10.0. The van der Waals surface area contributed by atoms with E-state index in [9.17, 15) is 26.4 Å². The third-order valence-electron chi connectivity index (χ3n) is 5.34. The van der Waals surface area contributed by atoms with E-state index < -0.39 is 33.7 Å². The highest BCUT2D eigenvalue weighted by molar-refractivity contribution is 7.89. The summed E-state index contributed by atoms with van der Waals surface area (Å²) in [5, 5.41) is 0.487. The first-order valence-corrected chi connectivity index (χ1v) is 13.4. The van der Waals surface area contributed by atoms with Crippen LogP contribution in [0.2, 0.25) is 0 Å². The monoisotopic (exact) mass is 538 g/mol. The Morgan fingerprint density at radius 2 is 1.89 bits per heavy atom. The number of sulfone groups is 1. The largest absolute Gasteiger partial charge is 0.484 e. The number of thiophene rings is 1. The number of ether oxygens (including phenoxy) is 2. The Morgan fingerprint density at radius 3 is 2.56 bits per heavy atom. The van der Waals surface area contributed by atoms with Gasteiger partial charge in [-0.3, -0.25) is 4.57 Å². The third-order valence-corrected chi connectivity index (χ3v) is 7.30. The summed E-state index contributed by atoms with van der Waals surface area (Å²) in [5.74, 6) is -0.809. The smallest absolute Gasteiger partial charge is 0.416 e. The van der Waals surface area contributed by atoms with Crippen molar-refractivity contribution in [3.8, 4) is 10.8 Å². The Balaban J connectivity index is 1.75. The number of fused-ring (bicyclic) bond motifs is 1. The van der Waals surface area contributed by atoms with E-state index in [0.29, 0.717) is 21.6 Å². The van der Waals surface area contributed by atoms with Crippen LogP contribution in [0.4, 0.5) is 13.2 Å². The molecule has 0 aliphatic heterocycles. The predicted octanol–water partition coefficient (Wildman–Crippen LogP) is 5.58. The maximum absolute atomic E-state index is 13.5. The second-order valence-corrected chi connectivity index (χ2v) is 11.3. The number of carbonyl (C=O) groups excluding carboxylic acids is 1. The van der Waals surface area contributed by atoms with Gasteiger partial charge >= 0.3 is 12.1 Å². The average molecular weight is 539 g/mol. The number of rotatable bonds is 7. The average Bonchev–Trinajstić information content (AvgIpc) is 3.40. The van der Waals surface area contributed by atoms with Crippen molar-refractivity contribution in [3.63, 3.8) is 0 Å². The van der Waals surface area contributed by atoms with Gasteiger partial charge in [0, 0.05) is 17.9 Å². The number of imidazole rings is 1.